The second kappa shape index (κ2) is 37.2. The monoisotopic (exact) mass is 1870 g/mol. The molecule has 2 amide bonds. The number of nitrogens with zero attached hydrogens (tertiary/aromatic N) is 18. The van der Waals surface area contributed by atoms with Gasteiger partial charge in [0.15, 0.2) is 0 Å². The van der Waals surface area contributed by atoms with Crippen molar-refractivity contribution in [2.24, 2.45) is 0 Å². The van der Waals surface area contributed by atoms with Crippen molar-refractivity contribution in [3.8, 4) is 28.5 Å². The van der Waals surface area contributed by atoms with Gasteiger partial charge in [-0.1, -0.05) is 10.4 Å². The molecule has 6 aromatic rings. The predicted octanol–water partition coefficient (Wildman–Crippen LogP) is 3.85. The van der Waals surface area contributed by atoms with Crippen LogP contribution in [-0.2, 0) is 91.5 Å². The molecule has 6 aliphatic rings. The number of ether oxygens (including phenoxy) is 1. The quantitative estimate of drug-likeness (QED) is 0.0628. The number of hydrogen-bond donors (Lipinski definition) is 6. The van der Waals surface area contributed by atoms with Crippen LogP contribution < -0.4 is 15.4 Å². The molecule has 12 heterocycles. The van der Waals surface area contributed by atoms with E-state index in [9.17, 15) is 49.2 Å². The van der Waals surface area contributed by atoms with Gasteiger partial charge in [0.25, 0.3) is 12.4 Å². The summed E-state index contributed by atoms with van der Waals surface area (Å²) in [4.78, 5) is 126. The van der Waals surface area contributed by atoms with Gasteiger partial charge in [0.2, 0.25) is 5.91 Å². The number of aliphatic carboxylic acids is 4. The van der Waals surface area contributed by atoms with E-state index >= 15 is 31.1 Å². The minimum Gasteiger partial charge on any atom is -0.480 e. The molecule has 2 radical (unpaired) electrons. The summed E-state index contributed by atoms with van der Waals surface area (Å²) < 4.78 is 99.4. The van der Waals surface area contributed by atoms with E-state index in [0.29, 0.717) is 0 Å². The first-order valence-corrected chi connectivity index (χ1v) is 35.4. The van der Waals surface area contributed by atoms with Crippen molar-refractivity contribution in [1.82, 2.24) is 99.8 Å². The number of alkyl halides is 6. The molecular weight excluding hydrogens is 1780 g/mol. The fourth-order valence-electron chi connectivity index (χ4n) is 14.0. The average Bonchev–Trinajstić information content (AvgIpc) is 1.59. The average molecular weight is 1870 g/mol. The number of carbonyl (C=O) groups excluding carboxylic acids is 3. The van der Waals surface area contributed by atoms with Crippen LogP contribution in [-0.4, -0.2) is 281 Å². The first kappa shape index (κ1) is 88.5. The number of pyridine rings is 4. The number of rotatable bonds is 15. The molecule has 0 unspecified atom stereocenters. The normalized spacial score (nSPS) is 20.4. The summed E-state index contributed by atoms with van der Waals surface area (Å²) in [5.74, 6) is -5.97. The fraction of sp³-hybridized carbons (Fsp3) is 0.557. The summed E-state index contributed by atoms with van der Waals surface area (Å²) >= 11 is 0. The topological polar surface area (TPSA) is 373 Å². The van der Waals surface area contributed by atoms with Gasteiger partial charge in [-0.3, -0.25) is 82.7 Å². The third kappa shape index (κ3) is 22.4. The molecule has 0 saturated carbocycles. The number of carboxylic acids is 4. The van der Waals surface area contributed by atoms with Gasteiger partial charge < -0.3 is 35.8 Å². The molecule has 0 spiro atoms. The molecule has 4 atom stereocenters. The Hall–Kier alpha value is -7.10. The molecule has 110 heavy (non-hydrogen) atoms. The summed E-state index contributed by atoms with van der Waals surface area (Å²) in [5.41, 5.74) is -5.46. The molecule has 6 N–H and O–H groups in total. The van der Waals surface area contributed by atoms with Gasteiger partial charge in [-0.25, -0.2) is 19.3 Å². The molecule has 12 rings (SSSR count). The van der Waals surface area contributed by atoms with E-state index in [1.165, 1.54) is 68.2 Å². The van der Waals surface area contributed by atoms with Crippen LogP contribution in [0.2, 0.25) is 0 Å². The molecule has 40 heteroatoms. The van der Waals surface area contributed by atoms with Crippen molar-refractivity contribution in [3.63, 3.8) is 0 Å². The predicted molar refractivity (Wildman–Crippen MR) is 373 cm³/mol. The maximum absolute atomic E-state index is 15.9. The van der Waals surface area contributed by atoms with E-state index in [4.69, 9.17) is 24.7 Å². The van der Waals surface area contributed by atoms with Crippen molar-refractivity contribution >= 4 is 42.2 Å². The number of aromatic nitrogens is 10. The van der Waals surface area contributed by atoms with Gasteiger partial charge in [0.1, 0.15) is 52.7 Å². The smallest absolute Gasteiger partial charge is 0.416 e. The summed E-state index contributed by atoms with van der Waals surface area (Å²) in [5, 5.41) is 65.7. The zero-order valence-electron chi connectivity index (χ0n) is 62.0. The van der Waals surface area contributed by atoms with Crippen LogP contribution in [0.25, 0.3) is 22.8 Å². The van der Waals surface area contributed by atoms with Crippen molar-refractivity contribution in [1.29, 1.82) is 0 Å². The third-order valence-corrected chi connectivity index (χ3v) is 20.2. The Morgan fingerprint density at radius 1 is 0.436 bits per heavy atom. The van der Waals surface area contributed by atoms with Crippen LogP contribution >= 0.6 is 0 Å². The van der Waals surface area contributed by atoms with E-state index in [1.54, 1.807) is 57.1 Å². The Bertz CT molecular complexity index is 4250. The zero-order valence-corrected chi connectivity index (χ0v) is 65.3. The number of fused-ring (bicyclic) bond motifs is 16. The van der Waals surface area contributed by atoms with Gasteiger partial charge in [-0.05, 0) is 91.8 Å². The second-order valence-corrected chi connectivity index (χ2v) is 28.9. The summed E-state index contributed by atoms with van der Waals surface area (Å²) in [6.45, 7) is 14.3. The van der Waals surface area contributed by atoms with Crippen molar-refractivity contribution < 1.29 is 159 Å². The molecule has 614 valence electrons. The Kier molecular flexibility index (Phi) is 29.9. The van der Waals surface area contributed by atoms with Crippen LogP contribution in [0.5, 0.6) is 5.75 Å². The van der Waals surface area contributed by atoms with Gasteiger partial charge >= 0.3 is 36.2 Å². The molecule has 0 aromatic carbocycles. The number of halogens is 6. The van der Waals surface area contributed by atoms with Crippen molar-refractivity contribution in [2.75, 3.05) is 105 Å². The molecule has 2 saturated heterocycles. The van der Waals surface area contributed by atoms with Crippen molar-refractivity contribution in [3.05, 3.63) is 111 Å². The number of hydrogen-bond acceptors (Lipinski definition) is 24. The SMILES string of the molecule is CC(=O)NC(C)(C)c1nnn2c1-c1cc(C(=O)NC(C)(C)c3nnn4c3-c3cc(OC=O)cc(n3)CN3CCN([C@H](C)C(=O)O)CCN(CCN([C@H](C)C(=O)O)CC3)Cc3cc(C(F)(F)F)cc(n3)C4)cc(n1)CN1CCN([C@H](C)C(=O)O)CCN(CCN([C@H](C)C(=O)O)CC1)Cc1cc(C(F)(F)F)cc(n1)C2.[Lu].[Lu]. The Balaban J connectivity index is 0.00000760. The van der Waals surface area contributed by atoms with Crippen LogP contribution in [0.1, 0.15) is 129 Å². The van der Waals surface area contributed by atoms with E-state index in [0.717, 1.165) is 24.3 Å². The van der Waals surface area contributed by atoms with Crippen LogP contribution in [0.3, 0.4) is 0 Å². The molecule has 6 aliphatic heterocycles. The second-order valence-electron chi connectivity index (χ2n) is 28.9. The van der Waals surface area contributed by atoms with Gasteiger partial charge in [0, 0.05) is 229 Å². The minimum absolute atomic E-state index is 0. The number of carboxylic acid groups (broad SMARTS) is 4. The number of carbonyl (C=O) groups is 7. The standard InChI is InChI=1S/C70H90F6N20O12.2Lu/c1-41(63(100)101)91-18-10-87-11-19-92(42(2)64(102)103)21-13-88(12-20-91)35-50-28-47(69(71,72)73)30-52(77-50)38-95-58(60(83-85-95)67(6,7)81-45(5)98)56-27-46(26-49(34-87)79-56)62(99)82-68(8,9)61-59-57-33-55(108-40-97)32-54(80-57)37-90-16-24-93(43(3)65(104)105)22-14-89(15-23-94(25-17-90)44(4)66(106)107)36-51-29-48(70(74,75)76)31-53(78-51)39-96(59)86-84-61;;/h26-33,40-44H,10-25,34-39H2,1-9H3,(H,81,98)(H,82,99)(H,100,101)(H,102,103)(H,104,105)(H,106,107);;/t41-,42-,43-,44-;;/m1../s1. The molecule has 32 nitrogen and oxygen atoms in total. The maximum atomic E-state index is 15.9. The molecular formula is C70H90F6Lu2N20O12. The minimum atomic E-state index is -4.93. The summed E-state index contributed by atoms with van der Waals surface area (Å²) in [6, 6.07) is 5.00. The van der Waals surface area contributed by atoms with E-state index in [-0.39, 0.29) is 291 Å². The van der Waals surface area contributed by atoms with E-state index < -0.39 is 108 Å². The fourth-order valence-corrected chi connectivity index (χ4v) is 14.0. The van der Waals surface area contributed by atoms with Crippen LogP contribution in [0, 0.1) is 73.7 Å². The first-order chi connectivity index (χ1) is 50.8. The van der Waals surface area contributed by atoms with E-state index in [2.05, 4.69) is 31.3 Å². The van der Waals surface area contributed by atoms with Gasteiger partial charge in [-0.15, -0.1) is 10.2 Å². The molecule has 0 aliphatic carbocycles. The third-order valence-electron chi connectivity index (χ3n) is 20.2. The number of nitrogens with one attached hydrogen (secondary N) is 2. The van der Waals surface area contributed by atoms with Crippen LogP contribution in [0.15, 0.2) is 48.5 Å². The maximum Gasteiger partial charge on any atom is 0.416 e. The van der Waals surface area contributed by atoms with E-state index in [1.807, 2.05) is 9.80 Å². The van der Waals surface area contributed by atoms with Gasteiger partial charge in [-0.2, -0.15) is 26.3 Å². The summed E-state index contributed by atoms with van der Waals surface area (Å²) in [6.07, 6.45) is -9.84. The molecule has 12 bridgehead atoms. The zero-order chi connectivity index (χ0) is 78.5. The summed E-state index contributed by atoms with van der Waals surface area (Å²) in [7, 11) is 0. The van der Waals surface area contributed by atoms with Crippen molar-refractivity contribution in [2.45, 2.75) is 149 Å². The first-order valence-electron chi connectivity index (χ1n) is 35.4. The molecule has 6 aromatic heterocycles. The van der Waals surface area contributed by atoms with Gasteiger partial charge in [0.05, 0.1) is 80.8 Å². The number of amides is 2. The molecule has 2 fully saturated rings. The Morgan fingerprint density at radius 3 is 1.05 bits per heavy atom. The van der Waals surface area contributed by atoms with Crippen LogP contribution in [0.4, 0.5) is 26.3 Å². The Labute approximate surface area is 688 Å². The largest absolute Gasteiger partial charge is 0.480 e. The Morgan fingerprint density at radius 2 is 0.736 bits per heavy atom.